The van der Waals surface area contributed by atoms with Crippen LogP contribution in [0.15, 0.2) is 60.8 Å². The van der Waals surface area contributed by atoms with Gasteiger partial charge in [0.2, 0.25) is 0 Å². The molecule has 0 saturated carbocycles. The van der Waals surface area contributed by atoms with E-state index in [0.29, 0.717) is 11.6 Å². The number of carbonyl (C=O) groups is 2. The van der Waals surface area contributed by atoms with Crippen molar-refractivity contribution in [2.75, 3.05) is 24.5 Å². The number of aryl methyl sites for hydroxylation is 1. The Labute approximate surface area is 222 Å². The van der Waals surface area contributed by atoms with Gasteiger partial charge in [0.15, 0.2) is 0 Å². The lowest BCUT2D eigenvalue weighted by molar-refractivity contribution is -0.192. The van der Waals surface area contributed by atoms with Gasteiger partial charge in [0.1, 0.15) is 0 Å². The Hall–Kier alpha value is -3.63. The van der Waals surface area contributed by atoms with Crippen LogP contribution in [-0.2, 0) is 17.8 Å². The summed E-state index contributed by atoms with van der Waals surface area (Å²) in [5.41, 5.74) is 6.05. The van der Waals surface area contributed by atoms with Crippen molar-refractivity contribution in [3.05, 3.63) is 82.5 Å². The molecule has 0 spiro atoms. The monoisotopic (exact) mass is 547 g/mol. The van der Waals surface area contributed by atoms with Gasteiger partial charge in [-0.3, -0.25) is 9.88 Å². The number of rotatable bonds is 4. The van der Waals surface area contributed by atoms with Crippen LogP contribution in [0.25, 0.3) is 11.3 Å². The number of aliphatic carboxylic acids is 1. The first-order chi connectivity index (χ1) is 18.0. The molecule has 1 atom stereocenters. The highest BCUT2D eigenvalue weighted by molar-refractivity contribution is 6.30. The fraction of sp³-hybridized carbons (Fsp3) is 0.296. The minimum Gasteiger partial charge on any atom is -0.478 e. The zero-order valence-corrected chi connectivity index (χ0v) is 20.9. The molecule has 1 saturated heterocycles. The van der Waals surface area contributed by atoms with Crippen LogP contribution in [-0.4, -0.2) is 63.9 Å². The van der Waals surface area contributed by atoms with Gasteiger partial charge in [-0.05, 0) is 60.4 Å². The molecule has 200 valence electrons. The fourth-order valence-corrected chi connectivity index (χ4v) is 4.95. The average Bonchev–Trinajstić information content (AvgIpc) is 2.89. The van der Waals surface area contributed by atoms with E-state index in [9.17, 15) is 23.1 Å². The lowest BCUT2D eigenvalue weighted by atomic mass is 9.92. The van der Waals surface area contributed by atoms with E-state index in [2.05, 4.69) is 20.9 Å². The molecule has 38 heavy (non-hydrogen) atoms. The van der Waals surface area contributed by atoms with Crippen LogP contribution in [0.5, 0.6) is 0 Å². The van der Waals surface area contributed by atoms with E-state index in [4.69, 9.17) is 21.5 Å². The van der Waals surface area contributed by atoms with Crippen molar-refractivity contribution >= 4 is 29.2 Å². The minimum absolute atomic E-state index is 0.377. The van der Waals surface area contributed by atoms with E-state index in [1.54, 1.807) is 6.07 Å². The predicted octanol–water partition coefficient (Wildman–Crippen LogP) is 5.37. The smallest absolute Gasteiger partial charge is 0.478 e. The predicted molar refractivity (Wildman–Crippen MR) is 137 cm³/mol. The Bertz CT molecular complexity index is 1320. The summed E-state index contributed by atoms with van der Waals surface area (Å²) in [6.45, 7) is 3.77. The molecule has 0 radical (unpaired) electrons. The normalized spacial score (nSPS) is 17.1. The molecule has 0 amide bonds. The maximum absolute atomic E-state index is 11.3. The van der Waals surface area contributed by atoms with Crippen LogP contribution in [0.2, 0.25) is 5.02 Å². The van der Waals surface area contributed by atoms with Gasteiger partial charge in [-0.15, -0.1) is 0 Å². The van der Waals surface area contributed by atoms with Crippen molar-refractivity contribution in [1.82, 2.24) is 9.88 Å². The maximum atomic E-state index is 11.3. The highest BCUT2D eigenvalue weighted by Crippen LogP contribution is 2.34. The molecule has 1 fully saturated rings. The molecule has 0 aliphatic carbocycles. The molecule has 7 nitrogen and oxygen atoms in total. The molecule has 2 N–H and O–H groups in total. The number of hydrogen-bond acceptors (Lipinski definition) is 5. The zero-order valence-electron chi connectivity index (χ0n) is 20.2. The first-order valence-corrected chi connectivity index (χ1v) is 12.3. The third-order valence-electron chi connectivity index (χ3n) is 6.60. The molecule has 0 unspecified atom stereocenters. The molecule has 2 aliphatic heterocycles. The number of nitrogens with zero attached hydrogens (tertiary/aromatic N) is 3. The molecule has 1 aromatic heterocycles. The number of fused-ring (bicyclic) bond motifs is 3. The number of piperazine rings is 1. The number of pyridine rings is 1. The second-order valence-corrected chi connectivity index (χ2v) is 9.53. The summed E-state index contributed by atoms with van der Waals surface area (Å²) in [6.07, 6.45) is -1.27. The lowest BCUT2D eigenvalue weighted by Crippen LogP contribution is -2.54. The van der Waals surface area contributed by atoms with Crippen molar-refractivity contribution < 1.29 is 33.0 Å². The van der Waals surface area contributed by atoms with E-state index in [1.807, 2.05) is 48.7 Å². The molecular formula is C27H25ClF3N3O4. The Morgan fingerprint density at radius 1 is 1.05 bits per heavy atom. The van der Waals surface area contributed by atoms with Crippen molar-refractivity contribution in [3.8, 4) is 11.3 Å². The summed E-state index contributed by atoms with van der Waals surface area (Å²) in [7, 11) is 0. The third kappa shape index (κ3) is 6.43. The summed E-state index contributed by atoms with van der Waals surface area (Å²) in [6, 6.07) is 18.0. The van der Waals surface area contributed by atoms with Crippen molar-refractivity contribution in [3.63, 3.8) is 0 Å². The molecule has 2 aromatic carbocycles. The highest BCUT2D eigenvalue weighted by Gasteiger charge is 2.38. The quantitative estimate of drug-likeness (QED) is 0.453. The van der Waals surface area contributed by atoms with Crippen LogP contribution in [0.3, 0.4) is 0 Å². The number of carboxylic acids is 2. The summed E-state index contributed by atoms with van der Waals surface area (Å²) >= 11 is 6.06. The maximum Gasteiger partial charge on any atom is 0.490 e. The van der Waals surface area contributed by atoms with Crippen LogP contribution in [0, 0.1) is 0 Å². The molecular weight excluding hydrogens is 523 g/mol. The molecule has 3 aromatic rings. The van der Waals surface area contributed by atoms with Crippen LogP contribution >= 0.6 is 11.6 Å². The minimum atomic E-state index is -5.08. The van der Waals surface area contributed by atoms with Gasteiger partial charge in [0.25, 0.3) is 0 Å². The average molecular weight is 548 g/mol. The van der Waals surface area contributed by atoms with Crippen molar-refractivity contribution in [1.29, 1.82) is 0 Å². The van der Waals surface area contributed by atoms with Gasteiger partial charge in [-0.25, -0.2) is 9.59 Å². The van der Waals surface area contributed by atoms with Crippen LogP contribution in [0.1, 0.15) is 27.9 Å². The first-order valence-electron chi connectivity index (χ1n) is 11.9. The SMILES string of the molecule is O=C(O)C(F)(F)F.O=C(O)c1ccc2c(c1)CC[C@@H]1CN(Cc3cccnc3-c3ccc(Cl)cc3)CCN21. The third-order valence-corrected chi connectivity index (χ3v) is 6.85. The van der Waals surface area contributed by atoms with Gasteiger partial charge < -0.3 is 15.1 Å². The topological polar surface area (TPSA) is 94.0 Å². The lowest BCUT2D eigenvalue weighted by Gasteiger charge is -2.46. The zero-order chi connectivity index (χ0) is 27.4. The standard InChI is InChI=1S/C25H24ClN3O2.C2HF3O2/c26-21-7-3-17(4-8-21)24-20(2-1-11-27-24)15-28-12-13-29-22(16-28)9-5-18-14-19(25(30)31)6-10-23(18)29;3-2(4,5)1(6)7/h1-4,6-8,10-11,14,22H,5,9,12-13,15-16H2,(H,30,31);(H,6,7)/t22-;/m1./s1. The Morgan fingerprint density at radius 3 is 2.42 bits per heavy atom. The van der Waals surface area contributed by atoms with E-state index < -0.39 is 18.1 Å². The second kappa shape index (κ2) is 11.4. The van der Waals surface area contributed by atoms with Crippen molar-refractivity contribution in [2.45, 2.75) is 31.6 Å². The summed E-state index contributed by atoms with van der Waals surface area (Å²) in [5, 5.41) is 17.1. The number of halogens is 4. The van der Waals surface area contributed by atoms with Crippen LogP contribution in [0.4, 0.5) is 18.9 Å². The van der Waals surface area contributed by atoms with E-state index in [1.165, 1.54) is 11.3 Å². The van der Waals surface area contributed by atoms with Crippen LogP contribution < -0.4 is 4.90 Å². The van der Waals surface area contributed by atoms with Gasteiger partial charge >= 0.3 is 18.1 Å². The molecule has 11 heteroatoms. The summed E-state index contributed by atoms with van der Waals surface area (Å²) < 4.78 is 31.7. The molecule has 2 aliphatic rings. The number of anilines is 1. The Kier molecular flexibility index (Phi) is 8.23. The number of carboxylic acid groups (broad SMARTS) is 2. The van der Waals surface area contributed by atoms with Gasteiger partial charge in [0.05, 0.1) is 11.3 Å². The van der Waals surface area contributed by atoms with Crippen molar-refractivity contribution in [2.24, 2.45) is 0 Å². The fourth-order valence-electron chi connectivity index (χ4n) is 4.82. The number of aromatic nitrogens is 1. The highest BCUT2D eigenvalue weighted by atomic mass is 35.5. The largest absolute Gasteiger partial charge is 0.490 e. The number of benzene rings is 2. The van der Waals surface area contributed by atoms with E-state index >= 15 is 0 Å². The Morgan fingerprint density at radius 2 is 1.76 bits per heavy atom. The van der Waals surface area contributed by atoms with Gasteiger partial charge in [-0.1, -0.05) is 29.8 Å². The van der Waals surface area contributed by atoms with E-state index in [-0.39, 0.29) is 0 Å². The number of alkyl halides is 3. The molecule has 3 heterocycles. The molecule has 5 rings (SSSR count). The van der Waals surface area contributed by atoms with Gasteiger partial charge in [-0.2, -0.15) is 13.2 Å². The van der Waals surface area contributed by atoms with E-state index in [0.717, 1.165) is 60.9 Å². The number of hydrogen-bond donors (Lipinski definition) is 2. The number of aromatic carboxylic acids is 1. The summed E-state index contributed by atoms with van der Waals surface area (Å²) in [4.78, 5) is 29.8. The second-order valence-electron chi connectivity index (χ2n) is 9.09. The van der Waals surface area contributed by atoms with Gasteiger partial charge in [0, 0.05) is 54.7 Å². The molecule has 0 bridgehead atoms. The first kappa shape index (κ1) is 27.4. The Balaban J connectivity index is 0.000000426. The summed E-state index contributed by atoms with van der Waals surface area (Å²) in [5.74, 6) is -3.62.